The van der Waals surface area contributed by atoms with Crippen LogP contribution in [0.25, 0.3) is 0 Å². The summed E-state index contributed by atoms with van der Waals surface area (Å²) in [7, 11) is 2.52. The molecule has 0 bridgehead atoms. The largest absolute Gasteiger partial charge is 0.502 e. The van der Waals surface area contributed by atoms with Crippen LogP contribution in [0.1, 0.15) is 17.2 Å². The monoisotopic (exact) mass is 361 g/mol. The molecule has 0 saturated heterocycles. The van der Waals surface area contributed by atoms with Crippen molar-refractivity contribution in [2.75, 3.05) is 14.2 Å². The van der Waals surface area contributed by atoms with E-state index in [4.69, 9.17) is 0 Å². The number of nitrogens with zero attached hydrogens (tertiary/aromatic N) is 1. The quantitative estimate of drug-likeness (QED) is 0.505. The molecule has 0 saturated carbocycles. The smallest absolute Gasteiger partial charge is 0.373 e. The Morgan fingerprint density at radius 3 is 1.81 bits per heavy atom. The predicted molar refractivity (Wildman–Crippen MR) is 90.1 cm³/mol. The summed E-state index contributed by atoms with van der Waals surface area (Å²) in [6, 6.07) is 10.3. The molecule has 0 aromatic heterocycles. The molecule has 0 radical (unpaired) electrons. The summed E-state index contributed by atoms with van der Waals surface area (Å²) in [6.45, 7) is 0. The Morgan fingerprint density at radius 1 is 1.00 bits per heavy atom. The van der Waals surface area contributed by atoms with Crippen molar-refractivity contribution in [2.24, 2.45) is 0 Å². The molecular formula is C19H17F2NO4. The van der Waals surface area contributed by atoms with Crippen molar-refractivity contribution in [1.29, 1.82) is 0 Å². The van der Waals surface area contributed by atoms with E-state index in [0.29, 0.717) is 11.1 Å². The number of ether oxygens (including phenoxy) is 1. The lowest BCUT2D eigenvalue weighted by Crippen LogP contribution is -2.31. The van der Waals surface area contributed by atoms with E-state index in [9.17, 15) is 23.5 Å². The molecule has 0 aliphatic carbocycles. The van der Waals surface area contributed by atoms with Crippen molar-refractivity contribution < 1.29 is 28.2 Å². The Balaban J connectivity index is 2.42. The number of aliphatic hydroxyl groups is 1. The summed E-state index contributed by atoms with van der Waals surface area (Å²) >= 11 is 0. The zero-order valence-electron chi connectivity index (χ0n) is 14.1. The van der Waals surface area contributed by atoms with Gasteiger partial charge in [-0.15, -0.1) is 0 Å². The third-order valence-corrected chi connectivity index (χ3v) is 3.76. The fourth-order valence-electron chi connectivity index (χ4n) is 2.44. The van der Waals surface area contributed by atoms with Crippen molar-refractivity contribution in [1.82, 2.24) is 4.90 Å². The molecule has 136 valence electrons. The average molecular weight is 361 g/mol. The van der Waals surface area contributed by atoms with E-state index < -0.39 is 35.3 Å². The van der Waals surface area contributed by atoms with Gasteiger partial charge in [0.1, 0.15) is 11.6 Å². The number of benzene rings is 2. The van der Waals surface area contributed by atoms with E-state index >= 15 is 0 Å². The summed E-state index contributed by atoms with van der Waals surface area (Å²) in [5.41, 5.74) is 1.14. The Hall–Kier alpha value is -3.22. The second-order valence-corrected chi connectivity index (χ2v) is 5.48. The minimum atomic E-state index is -1.05. The van der Waals surface area contributed by atoms with Gasteiger partial charge in [-0.3, -0.25) is 4.79 Å². The SMILES string of the molecule is COC(=O)C(O)=CC(=O)N(C)C(c1ccc(F)cc1)c1ccc(F)cc1. The summed E-state index contributed by atoms with van der Waals surface area (Å²) in [6.07, 6.45) is 0.728. The number of likely N-dealkylation sites (N-methyl/N-ethyl adjacent to an activating group) is 1. The fraction of sp³-hybridized carbons (Fsp3) is 0.158. The van der Waals surface area contributed by atoms with E-state index in [1.54, 1.807) is 0 Å². The van der Waals surface area contributed by atoms with Gasteiger partial charge in [0, 0.05) is 7.05 Å². The normalized spacial score (nSPS) is 11.3. The zero-order chi connectivity index (χ0) is 19.3. The van der Waals surface area contributed by atoms with Crippen molar-refractivity contribution >= 4 is 11.9 Å². The van der Waals surface area contributed by atoms with Gasteiger partial charge in [0.05, 0.1) is 19.2 Å². The molecule has 2 rings (SSSR count). The second kappa shape index (κ2) is 8.24. The number of carbonyl (C=O) groups excluding carboxylic acids is 2. The molecule has 26 heavy (non-hydrogen) atoms. The van der Waals surface area contributed by atoms with Gasteiger partial charge in [-0.05, 0) is 35.4 Å². The first-order chi connectivity index (χ1) is 12.3. The molecule has 7 heteroatoms. The van der Waals surface area contributed by atoms with Crippen LogP contribution in [0, 0.1) is 11.6 Å². The van der Waals surface area contributed by atoms with Crippen molar-refractivity contribution in [3.63, 3.8) is 0 Å². The molecule has 2 aromatic carbocycles. The van der Waals surface area contributed by atoms with Gasteiger partial charge in [-0.1, -0.05) is 24.3 Å². The van der Waals surface area contributed by atoms with Crippen LogP contribution in [-0.4, -0.2) is 36.0 Å². The summed E-state index contributed by atoms with van der Waals surface area (Å²) in [5.74, 6) is -3.47. The maximum Gasteiger partial charge on any atom is 0.373 e. The van der Waals surface area contributed by atoms with Gasteiger partial charge in [0.25, 0.3) is 5.91 Å². The van der Waals surface area contributed by atoms with Crippen LogP contribution in [0.2, 0.25) is 0 Å². The molecule has 0 heterocycles. The Morgan fingerprint density at radius 2 is 1.42 bits per heavy atom. The van der Waals surface area contributed by atoms with E-state index in [2.05, 4.69) is 4.74 Å². The van der Waals surface area contributed by atoms with Gasteiger partial charge in [-0.25, -0.2) is 13.6 Å². The first-order valence-corrected chi connectivity index (χ1v) is 7.60. The maximum absolute atomic E-state index is 13.2. The molecule has 2 aromatic rings. The molecular weight excluding hydrogens is 344 g/mol. The number of rotatable bonds is 5. The topological polar surface area (TPSA) is 66.8 Å². The summed E-state index contributed by atoms with van der Waals surface area (Å²) in [5, 5.41) is 9.57. The maximum atomic E-state index is 13.2. The minimum Gasteiger partial charge on any atom is -0.502 e. The van der Waals surface area contributed by atoms with Crippen molar-refractivity contribution in [2.45, 2.75) is 6.04 Å². The highest BCUT2D eigenvalue weighted by atomic mass is 19.1. The average Bonchev–Trinajstić information content (AvgIpc) is 2.64. The van der Waals surface area contributed by atoms with Crippen molar-refractivity contribution in [3.8, 4) is 0 Å². The molecule has 0 unspecified atom stereocenters. The molecule has 0 fully saturated rings. The molecule has 5 nitrogen and oxygen atoms in total. The number of carbonyl (C=O) groups is 2. The van der Waals surface area contributed by atoms with Crippen LogP contribution >= 0.6 is 0 Å². The van der Waals surface area contributed by atoms with Crippen LogP contribution in [0.4, 0.5) is 8.78 Å². The zero-order valence-corrected chi connectivity index (χ0v) is 14.1. The van der Waals surface area contributed by atoms with Crippen LogP contribution in [0.3, 0.4) is 0 Å². The first-order valence-electron chi connectivity index (χ1n) is 7.60. The fourth-order valence-corrected chi connectivity index (χ4v) is 2.44. The van der Waals surface area contributed by atoms with E-state index in [1.165, 1.54) is 60.5 Å². The lowest BCUT2D eigenvalue weighted by Gasteiger charge is -2.28. The molecule has 1 N–H and O–H groups in total. The van der Waals surface area contributed by atoms with Gasteiger partial charge >= 0.3 is 5.97 Å². The second-order valence-electron chi connectivity index (χ2n) is 5.48. The van der Waals surface area contributed by atoms with Crippen LogP contribution < -0.4 is 0 Å². The summed E-state index contributed by atoms with van der Waals surface area (Å²) < 4.78 is 30.8. The first kappa shape index (κ1) is 19.1. The number of aliphatic hydroxyl groups excluding tert-OH is 1. The Bertz CT molecular complexity index is 771. The number of hydrogen-bond acceptors (Lipinski definition) is 4. The van der Waals surface area contributed by atoms with Crippen LogP contribution in [0.5, 0.6) is 0 Å². The van der Waals surface area contributed by atoms with Gasteiger partial charge in [-0.2, -0.15) is 0 Å². The van der Waals surface area contributed by atoms with Crippen molar-refractivity contribution in [3.05, 3.63) is 83.1 Å². The highest BCUT2D eigenvalue weighted by Gasteiger charge is 2.24. The number of esters is 1. The molecule has 1 amide bonds. The van der Waals surface area contributed by atoms with Gasteiger partial charge < -0.3 is 14.7 Å². The lowest BCUT2D eigenvalue weighted by molar-refractivity contribution is -0.139. The minimum absolute atomic E-state index is 0.441. The van der Waals surface area contributed by atoms with Gasteiger partial charge in [0.15, 0.2) is 0 Å². The van der Waals surface area contributed by atoms with E-state index in [-0.39, 0.29) is 0 Å². The van der Waals surface area contributed by atoms with Gasteiger partial charge in [0.2, 0.25) is 5.76 Å². The number of hydrogen-bond donors (Lipinski definition) is 1. The van der Waals surface area contributed by atoms with Crippen LogP contribution in [-0.2, 0) is 14.3 Å². The number of halogens is 2. The standard InChI is InChI=1S/C19H17F2NO4/c1-22(17(24)11-16(23)19(25)26-2)18(12-3-7-14(20)8-4-12)13-5-9-15(21)10-6-13/h3-11,18,23H,1-2H3. The van der Waals surface area contributed by atoms with E-state index in [1.807, 2.05) is 0 Å². The Labute approximate surface area is 149 Å². The lowest BCUT2D eigenvalue weighted by atomic mass is 9.97. The molecule has 0 aliphatic rings. The highest BCUT2D eigenvalue weighted by Crippen LogP contribution is 2.28. The van der Waals surface area contributed by atoms with Crippen LogP contribution in [0.15, 0.2) is 60.4 Å². The number of methoxy groups -OCH3 is 1. The van der Waals surface area contributed by atoms with E-state index in [0.717, 1.165) is 13.2 Å². The number of amides is 1. The molecule has 0 atom stereocenters. The third-order valence-electron chi connectivity index (χ3n) is 3.76. The third kappa shape index (κ3) is 4.44. The predicted octanol–water partition coefficient (Wildman–Crippen LogP) is 3.13. The Kier molecular flexibility index (Phi) is 6.06. The molecule has 0 spiro atoms. The highest BCUT2D eigenvalue weighted by molar-refractivity contribution is 5.96. The summed E-state index contributed by atoms with van der Waals surface area (Å²) in [4.78, 5) is 24.9. The molecule has 0 aliphatic heterocycles.